The molecule has 120 valence electrons. The Morgan fingerprint density at radius 1 is 1.36 bits per heavy atom. The highest BCUT2D eigenvalue weighted by Gasteiger charge is 2.30. The molecule has 1 aliphatic heterocycles. The number of nitrogens with zero attached hydrogens (tertiary/aromatic N) is 1. The van der Waals surface area contributed by atoms with E-state index in [1.807, 2.05) is 0 Å². The molecule has 1 amide bonds. The smallest absolute Gasteiger partial charge is 0.334 e. The van der Waals surface area contributed by atoms with Crippen LogP contribution in [0.25, 0.3) is 0 Å². The van der Waals surface area contributed by atoms with Crippen molar-refractivity contribution in [3.63, 3.8) is 0 Å². The third-order valence-electron chi connectivity index (χ3n) is 3.50. The molecule has 1 aliphatic rings. The van der Waals surface area contributed by atoms with E-state index in [0.717, 1.165) is 6.26 Å². The van der Waals surface area contributed by atoms with Crippen LogP contribution < -0.4 is 0 Å². The first-order valence-corrected chi connectivity index (χ1v) is 8.53. The van der Waals surface area contributed by atoms with Gasteiger partial charge in [0.25, 0.3) is 5.91 Å². The molecule has 0 saturated carbocycles. The second-order valence-corrected chi connectivity index (χ2v) is 7.21. The predicted molar refractivity (Wildman–Crippen MR) is 77.6 cm³/mol. The lowest BCUT2D eigenvalue weighted by atomic mass is 10.1. The maximum Gasteiger partial charge on any atom is 0.334 e. The number of sulfone groups is 1. The van der Waals surface area contributed by atoms with Crippen LogP contribution >= 0.6 is 0 Å². The van der Waals surface area contributed by atoms with Crippen LogP contribution in [-0.2, 0) is 19.4 Å². The molecule has 1 aromatic rings. The standard InChI is InChI=1S/C14H17NO6S/c1-9-3-4-10(22(2,19)20)7-11(9)13(16)15-5-6-21-12(8-15)14(17)18/h3-4,7,12H,5-6,8H2,1-2H3,(H,17,18). The van der Waals surface area contributed by atoms with Crippen molar-refractivity contribution in [3.05, 3.63) is 29.3 Å². The number of carbonyl (C=O) groups is 2. The van der Waals surface area contributed by atoms with Crippen molar-refractivity contribution in [1.82, 2.24) is 4.90 Å². The molecule has 1 aromatic carbocycles. The van der Waals surface area contributed by atoms with Crippen LogP contribution in [0.3, 0.4) is 0 Å². The fraction of sp³-hybridized carbons (Fsp3) is 0.429. The Balaban J connectivity index is 2.31. The van der Waals surface area contributed by atoms with E-state index in [0.29, 0.717) is 5.56 Å². The largest absolute Gasteiger partial charge is 0.479 e. The molecule has 1 heterocycles. The summed E-state index contributed by atoms with van der Waals surface area (Å²) in [6.45, 7) is 2.05. The number of benzene rings is 1. The Morgan fingerprint density at radius 3 is 2.64 bits per heavy atom. The van der Waals surface area contributed by atoms with Crippen molar-refractivity contribution in [2.45, 2.75) is 17.9 Å². The molecule has 1 unspecified atom stereocenters. The highest BCUT2D eigenvalue weighted by atomic mass is 32.2. The lowest BCUT2D eigenvalue weighted by Gasteiger charge is -2.31. The zero-order valence-corrected chi connectivity index (χ0v) is 13.1. The third-order valence-corrected chi connectivity index (χ3v) is 4.61. The molecule has 7 nitrogen and oxygen atoms in total. The van der Waals surface area contributed by atoms with Gasteiger partial charge in [-0.15, -0.1) is 0 Å². The fourth-order valence-corrected chi connectivity index (χ4v) is 2.86. The van der Waals surface area contributed by atoms with Gasteiger partial charge in [-0.1, -0.05) is 6.07 Å². The summed E-state index contributed by atoms with van der Waals surface area (Å²) in [6.07, 6.45) is 0.0114. The molecule has 8 heteroatoms. The molecule has 0 aromatic heterocycles. The van der Waals surface area contributed by atoms with E-state index in [9.17, 15) is 18.0 Å². The topological polar surface area (TPSA) is 101 Å². The molecule has 1 saturated heterocycles. The minimum Gasteiger partial charge on any atom is -0.479 e. The molecule has 1 N–H and O–H groups in total. The number of carboxylic acids is 1. The molecule has 2 rings (SSSR count). The maximum atomic E-state index is 12.6. The SMILES string of the molecule is Cc1ccc(S(C)(=O)=O)cc1C(=O)N1CCOC(C(=O)O)C1. The average molecular weight is 327 g/mol. The Hall–Kier alpha value is -1.93. The number of carboxylic acid groups (broad SMARTS) is 1. The first-order valence-electron chi connectivity index (χ1n) is 6.64. The van der Waals surface area contributed by atoms with Gasteiger partial charge in [-0.25, -0.2) is 13.2 Å². The Bertz CT molecular complexity index is 712. The first-order chi connectivity index (χ1) is 10.2. The van der Waals surface area contributed by atoms with Crippen molar-refractivity contribution in [2.75, 3.05) is 26.0 Å². The van der Waals surface area contributed by atoms with Gasteiger partial charge in [0.1, 0.15) is 0 Å². The lowest BCUT2D eigenvalue weighted by Crippen LogP contribution is -2.48. The second-order valence-electron chi connectivity index (χ2n) is 5.20. The van der Waals surface area contributed by atoms with Crippen LogP contribution in [-0.4, -0.2) is 62.4 Å². The quantitative estimate of drug-likeness (QED) is 0.858. The molecule has 22 heavy (non-hydrogen) atoms. The first kappa shape index (κ1) is 16.4. The van der Waals surface area contributed by atoms with E-state index in [2.05, 4.69) is 0 Å². The van der Waals surface area contributed by atoms with Crippen LogP contribution in [0.5, 0.6) is 0 Å². The van der Waals surface area contributed by atoms with Crippen molar-refractivity contribution < 1.29 is 27.9 Å². The number of aryl methyl sites for hydroxylation is 1. The van der Waals surface area contributed by atoms with E-state index >= 15 is 0 Å². The van der Waals surface area contributed by atoms with E-state index in [1.54, 1.807) is 13.0 Å². The molecular weight excluding hydrogens is 310 g/mol. The van der Waals surface area contributed by atoms with Crippen LogP contribution in [0, 0.1) is 6.92 Å². The number of ether oxygens (including phenoxy) is 1. The van der Waals surface area contributed by atoms with Gasteiger partial charge in [0.15, 0.2) is 15.9 Å². The lowest BCUT2D eigenvalue weighted by molar-refractivity contribution is -0.154. The summed E-state index contributed by atoms with van der Waals surface area (Å²) in [4.78, 5) is 25.0. The maximum absolute atomic E-state index is 12.6. The molecule has 1 atom stereocenters. The second kappa shape index (κ2) is 6.05. The van der Waals surface area contributed by atoms with E-state index in [-0.39, 0.29) is 30.2 Å². The number of rotatable bonds is 3. The minimum atomic E-state index is -3.42. The summed E-state index contributed by atoms with van der Waals surface area (Å²) >= 11 is 0. The number of aliphatic carboxylic acids is 1. The Kier molecular flexibility index (Phi) is 4.52. The van der Waals surface area contributed by atoms with E-state index in [4.69, 9.17) is 9.84 Å². The molecule has 0 bridgehead atoms. The summed E-state index contributed by atoms with van der Waals surface area (Å²) in [5.41, 5.74) is 0.893. The van der Waals surface area contributed by atoms with Gasteiger partial charge in [0.2, 0.25) is 0 Å². The number of amides is 1. The van der Waals surface area contributed by atoms with Crippen LogP contribution in [0.1, 0.15) is 15.9 Å². The normalized spacial score (nSPS) is 19.0. The summed E-state index contributed by atoms with van der Waals surface area (Å²) in [5, 5.41) is 8.97. The van der Waals surface area contributed by atoms with Crippen molar-refractivity contribution in [2.24, 2.45) is 0 Å². The molecule has 1 fully saturated rings. The Labute approximate surface area is 128 Å². The van der Waals surface area contributed by atoms with Crippen molar-refractivity contribution in [1.29, 1.82) is 0 Å². The number of hydrogen-bond acceptors (Lipinski definition) is 5. The van der Waals surface area contributed by atoms with Gasteiger partial charge < -0.3 is 14.7 Å². The monoisotopic (exact) mass is 327 g/mol. The van der Waals surface area contributed by atoms with Crippen LogP contribution in [0.4, 0.5) is 0 Å². The number of hydrogen-bond donors (Lipinski definition) is 1. The third kappa shape index (κ3) is 3.45. The summed E-state index contributed by atoms with van der Waals surface area (Å²) < 4.78 is 28.3. The van der Waals surface area contributed by atoms with Gasteiger partial charge in [-0.3, -0.25) is 4.79 Å². The van der Waals surface area contributed by atoms with E-state index < -0.39 is 27.8 Å². The molecule has 0 radical (unpaired) electrons. The molecule has 0 aliphatic carbocycles. The van der Waals surface area contributed by atoms with Gasteiger partial charge in [-0.05, 0) is 24.6 Å². The molecule has 0 spiro atoms. The predicted octanol–water partition coefficient (Wildman–Crippen LogP) is 0.324. The van der Waals surface area contributed by atoms with Gasteiger partial charge in [0, 0.05) is 18.4 Å². The zero-order valence-electron chi connectivity index (χ0n) is 12.3. The number of morpholine rings is 1. The average Bonchev–Trinajstić information content (AvgIpc) is 2.46. The highest BCUT2D eigenvalue weighted by Crippen LogP contribution is 2.19. The summed E-state index contributed by atoms with van der Waals surface area (Å²) in [6, 6.07) is 4.35. The highest BCUT2D eigenvalue weighted by molar-refractivity contribution is 7.90. The fourth-order valence-electron chi connectivity index (χ4n) is 2.22. The summed E-state index contributed by atoms with van der Waals surface area (Å²) in [7, 11) is -3.42. The van der Waals surface area contributed by atoms with Crippen LogP contribution in [0.2, 0.25) is 0 Å². The van der Waals surface area contributed by atoms with Crippen molar-refractivity contribution >= 4 is 21.7 Å². The zero-order chi connectivity index (χ0) is 16.5. The van der Waals surface area contributed by atoms with Gasteiger partial charge in [0.05, 0.1) is 18.0 Å². The van der Waals surface area contributed by atoms with Crippen LogP contribution in [0.15, 0.2) is 23.1 Å². The van der Waals surface area contributed by atoms with E-state index in [1.165, 1.54) is 17.0 Å². The van der Waals surface area contributed by atoms with Gasteiger partial charge in [-0.2, -0.15) is 0 Å². The molecular formula is C14H17NO6S. The van der Waals surface area contributed by atoms with Gasteiger partial charge >= 0.3 is 5.97 Å². The van der Waals surface area contributed by atoms with Crippen molar-refractivity contribution in [3.8, 4) is 0 Å². The summed E-state index contributed by atoms with van der Waals surface area (Å²) in [5.74, 6) is -1.52. The Morgan fingerprint density at radius 2 is 2.05 bits per heavy atom. The number of carbonyl (C=O) groups excluding carboxylic acids is 1. The minimum absolute atomic E-state index is 0.0588.